The molecule has 144 valence electrons. The highest BCUT2D eigenvalue weighted by Crippen LogP contribution is 2.15. The SMILES string of the molecule is CC(C)CC(NS(=O)(=O)c1ccc(C(=O)N2CCOCC2)cc1)C(=O)O. The highest BCUT2D eigenvalue weighted by atomic mass is 32.2. The first-order valence-electron chi connectivity index (χ1n) is 8.43. The Hall–Kier alpha value is -1.97. The van der Waals surface area contributed by atoms with Gasteiger partial charge in [0.25, 0.3) is 5.91 Å². The van der Waals surface area contributed by atoms with Gasteiger partial charge >= 0.3 is 5.97 Å². The van der Waals surface area contributed by atoms with E-state index in [1.807, 2.05) is 13.8 Å². The lowest BCUT2D eigenvalue weighted by Gasteiger charge is -2.26. The molecule has 2 N–H and O–H groups in total. The first kappa shape index (κ1) is 20.3. The van der Waals surface area contributed by atoms with Crippen LogP contribution in [0, 0.1) is 5.92 Å². The third kappa shape index (κ3) is 5.26. The molecule has 0 aliphatic carbocycles. The summed E-state index contributed by atoms with van der Waals surface area (Å²) in [6.45, 7) is 5.58. The summed E-state index contributed by atoms with van der Waals surface area (Å²) in [5.41, 5.74) is 0.378. The third-order valence-corrected chi connectivity index (χ3v) is 5.50. The molecule has 9 heteroatoms. The van der Waals surface area contributed by atoms with E-state index in [1.54, 1.807) is 4.90 Å². The number of ether oxygens (including phenoxy) is 1. The minimum Gasteiger partial charge on any atom is -0.480 e. The number of carboxylic acid groups (broad SMARTS) is 1. The Morgan fingerprint density at radius 1 is 1.19 bits per heavy atom. The van der Waals surface area contributed by atoms with E-state index in [9.17, 15) is 23.1 Å². The number of carboxylic acids is 1. The fraction of sp³-hybridized carbons (Fsp3) is 0.529. The number of sulfonamides is 1. The summed E-state index contributed by atoms with van der Waals surface area (Å²) in [7, 11) is -3.99. The van der Waals surface area contributed by atoms with Crippen LogP contribution in [0.4, 0.5) is 0 Å². The molecule has 1 aliphatic heterocycles. The number of aliphatic carboxylic acids is 1. The topological polar surface area (TPSA) is 113 Å². The van der Waals surface area contributed by atoms with Crippen molar-refractivity contribution in [2.75, 3.05) is 26.3 Å². The molecular formula is C17H24N2O6S. The van der Waals surface area contributed by atoms with Gasteiger partial charge in [-0.2, -0.15) is 4.72 Å². The summed E-state index contributed by atoms with van der Waals surface area (Å²) >= 11 is 0. The Morgan fingerprint density at radius 2 is 1.77 bits per heavy atom. The van der Waals surface area contributed by atoms with Crippen molar-refractivity contribution in [2.24, 2.45) is 5.92 Å². The van der Waals surface area contributed by atoms with Gasteiger partial charge in [-0.15, -0.1) is 0 Å². The highest BCUT2D eigenvalue weighted by molar-refractivity contribution is 7.89. The predicted molar refractivity (Wildman–Crippen MR) is 94.4 cm³/mol. The molecule has 1 amide bonds. The van der Waals surface area contributed by atoms with E-state index in [0.29, 0.717) is 31.9 Å². The Kier molecular flexibility index (Phi) is 6.74. The minimum atomic E-state index is -3.99. The zero-order valence-electron chi connectivity index (χ0n) is 14.8. The van der Waals surface area contributed by atoms with Crippen LogP contribution in [-0.4, -0.2) is 62.6 Å². The molecule has 0 aromatic heterocycles. The number of hydrogen-bond donors (Lipinski definition) is 2. The quantitative estimate of drug-likeness (QED) is 0.723. The second-order valence-corrected chi connectivity index (χ2v) is 8.28. The molecule has 1 aliphatic rings. The number of carbonyl (C=O) groups is 2. The monoisotopic (exact) mass is 384 g/mol. The second kappa shape index (κ2) is 8.61. The fourth-order valence-electron chi connectivity index (χ4n) is 2.65. The van der Waals surface area contributed by atoms with Crippen molar-refractivity contribution < 1.29 is 27.9 Å². The van der Waals surface area contributed by atoms with Gasteiger partial charge in [0.05, 0.1) is 18.1 Å². The van der Waals surface area contributed by atoms with Gasteiger partial charge in [-0.25, -0.2) is 8.42 Å². The van der Waals surface area contributed by atoms with Crippen LogP contribution in [0.1, 0.15) is 30.6 Å². The zero-order chi connectivity index (χ0) is 19.3. The van der Waals surface area contributed by atoms with Gasteiger partial charge < -0.3 is 14.7 Å². The number of hydrogen-bond acceptors (Lipinski definition) is 5. The summed E-state index contributed by atoms with van der Waals surface area (Å²) in [6, 6.07) is 4.29. The average Bonchev–Trinajstić information content (AvgIpc) is 2.61. The number of rotatable bonds is 7. The van der Waals surface area contributed by atoms with Crippen LogP contribution in [0.5, 0.6) is 0 Å². The van der Waals surface area contributed by atoms with Crippen LogP contribution in [0.2, 0.25) is 0 Å². The molecule has 1 unspecified atom stereocenters. The number of nitrogens with one attached hydrogen (secondary N) is 1. The zero-order valence-corrected chi connectivity index (χ0v) is 15.7. The van der Waals surface area contributed by atoms with E-state index < -0.39 is 22.0 Å². The number of amides is 1. The molecule has 1 saturated heterocycles. The van der Waals surface area contributed by atoms with Crippen LogP contribution >= 0.6 is 0 Å². The number of carbonyl (C=O) groups excluding carboxylic acids is 1. The first-order valence-corrected chi connectivity index (χ1v) is 9.91. The Bertz CT molecular complexity index is 739. The van der Waals surface area contributed by atoms with Crippen LogP contribution in [0.25, 0.3) is 0 Å². The van der Waals surface area contributed by atoms with E-state index in [2.05, 4.69) is 4.72 Å². The Morgan fingerprint density at radius 3 is 2.27 bits per heavy atom. The van der Waals surface area contributed by atoms with E-state index in [4.69, 9.17) is 4.74 Å². The lowest BCUT2D eigenvalue weighted by molar-refractivity contribution is -0.139. The molecule has 2 rings (SSSR count). The van der Waals surface area contributed by atoms with E-state index in [0.717, 1.165) is 0 Å². The van der Waals surface area contributed by atoms with E-state index in [1.165, 1.54) is 24.3 Å². The molecule has 1 heterocycles. The summed E-state index contributed by atoms with van der Waals surface area (Å²) in [4.78, 5) is 25.2. The lowest BCUT2D eigenvalue weighted by Crippen LogP contribution is -2.41. The van der Waals surface area contributed by atoms with Crippen molar-refractivity contribution in [1.82, 2.24) is 9.62 Å². The maximum absolute atomic E-state index is 12.4. The number of morpholine rings is 1. The molecule has 1 atom stereocenters. The molecular weight excluding hydrogens is 360 g/mol. The van der Waals surface area contributed by atoms with Crippen molar-refractivity contribution in [2.45, 2.75) is 31.2 Å². The van der Waals surface area contributed by atoms with Crippen LogP contribution in [0.3, 0.4) is 0 Å². The molecule has 26 heavy (non-hydrogen) atoms. The van der Waals surface area contributed by atoms with E-state index in [-0.39, 0.29) is 23.1 Å². The maximum atomic E-state index is 12.4. The van der Waals surface area contributed by atoms with Crippen molar-refractivity contribution >= 4 is 21.9 Å². The predicted octanol–water partition coefficient (Wildman–Crippen LogP) is 0.937. The number of benzene rings is 1. The fourth-order valence-corrected chi connectivity index (χ4v) is 3.85. The molecule has 0 bridgehead atoms. The smallest absolute Gasteiger partial charge is 0.321 e. The van der Waals surface area contributed by atoms with Crippen LogP contribution in [0.15, 0.2) is 29.2 Å². The van der Waals surface area contributed by atoms with Crippen LogP contribution in [-0.2, 0) is 19.6 Å². The summed E-state index contributed by atoms with van der Waals surface area (Å²) in [6.07, 6.45) is 0.183. The standard InChI is InChI=1S/C17H24N2O6S/c1-12(2)11-15(17(21)22)18-26(23,24)14-5-3-13(4-6-14)16(20)19-7-9-25-10-8-19/h3-6,12,15,18H,7-11H2,1-2H3,(H,21,22). The molecule has 1 fully saturated rings. The van der Waals surface area contributed by atoms with Crippen molar-refractivity contribution in [3.05, 3.63) is 29.8 Å². The van der Waals surface area contributed by atoms with Crippen molar-refractivity contribution in [3.8, 4) is 0 Å². The Labute approximate surface area is 153 Å². The van der Waals surface area contributed by atoms with Gasteiger partial charge in [0.15, 0.2) is 0 Å². The maximum Gasteiger partial charge on any atom is 0.321 e. The Balaban J connectivity index is 2.12. The van der Waals surface area contributed by atoms with Crippen molar-refractivity contribution in [3.63, 3.8) is 0 Å². The summed E-state index contributed by atoms with van der Waals surface area (Å²) in [5, 5.41) is 9.21. The van der Waals surface area contributed by atoms with Gasteiger partial charge in [0.1, 0.15) is 6.04 Å². The number of nitrogens with zero attached hydrogens (tertiary/aromatic N) is 1. The molecule has 1 aromatic carbocycles. The van der Waals surface area contributed by atoms with Gasteiger partial charge in [-0.1, -0.05) is 13.8 Å². The molecule has 0 radical (unpaired) electrons. The van der Waals surface area contributed by atoms with Crippen LogP contribution < -0.4 is 4.72 Å². The third-order valence-electron chi connectivity index (χ3n) is 4.01. The van der Waals surface area contributed by atoms with Gasteiger partial charge in [-0.05, 0) is 36.6 Å². The minimum absolute atomic E-state index is 0.0207. The van der Waals surface area contributed by atoms with Crippen molar-refractivity contribution in [1.29, 1.82) is 0 Å². The second-order valence-electron chi connectivity index (χ2n) is 6.57. The highest BCUT2D eigenvalue weighted by Gasteiger charge is 2.26. The molecule has 0 saturated carbocycles. The largest absolute Gasteiger partial charge is 0.480 e. The first-order chi connectivity index (χ1) is 12.2. The molecule has 0 spiro atoms. The molecule has 8 nitrogen and oxygen atoms in total. The van der Waals surface area contributed by atoms with Gasteiger partial charge in [-0.3, -0.25) is 9.59 Å². The lowest BCUT2D eigenvalue weighted by atomic mass is 10.1. The molecule has 1 aromatic rings. The van der Waals surface area contributed by atoms with Gasteiger partial charge in [0, 0.05) is 18.7 Å². The summed E-state index contributed by atoms with van der Waals surface area (Å²) in [5.74, 6) is -1.39. The van der Waals surface area contributed by atoms with Gasteiger partial charge in [0.2, 0.25) is 10.0 Å². The average molecular weight is 384 g/mol. The summed E-state index contributed by atoms with van der Waals surface area (Å²) < 4.78 is 32.3. The normalized spacial score (nSPS) is 16.5. The van der Waals surface area contributed by atoms with E-state index >= 15 is 0 Å².